The van der Waals surface area contributed by atoms with Gasteiger partial charge in [0.2, 0.25) is 0 Å². The molecule has 0 spiro atoms. The first-order chi connectivity index (χ1) is 8.74. The molecule has 0 N–H and O–H groups in total. The van der Waals surface area contributed by atoms with Crippen molar-refractivity contribution in [2.45, 2.75) is 44.7 Å². The van der Waals surface area contributed by atoms with Gasteiger partial charge in [-0.2, -0.15) is 0 Å². The van der Waals surface area contributed by atoms with E-state index in [0.29, 0.717) is 5.56 Å². The SMILES string of the molecule is CC1(C)OB(C(C(=O)[O-])c2ccccc2)OC1(C)C. The third-order valence-electron chi connectivity index (χ3n) is 3.96. The van der Waals surface area contributed by atoms with Crippen molar-refractivity contribution in [3.05, 3.63) is 35.9 Å². The van der Waals surface area contributed by atoms with Gasteiger partial charge in [0.15, 0.2) is 0 Å². The van der Waals surface area contributed by atoms with E-state index in [0.717, 1.165) is 0 Å². The lowest BCUT2D eigenvalue weighted by Gasteiger charge is -2.32. The van der Waals surface area contributed by atoms with Gasteiger partial charge in [0, 0.05) is 5.97 Å². The van der Waals surface area contributed by atoms with E-state index in [1.54, 1.807) is 24.3 Å². The fourth-order valence-electron chi connectivity index (χ4n) is 2.09. The van der Waals surface area contributed by atoms with Gasteiger partial charge in [0.1, 0.15) is 0 Å². The second kappa shape index (κ2) is 4.65. The second-order valence-electron chi connectivity index (χ2n) is 5.83. The monoisotopic (exact) mass is 261 g/mol. The Morgan fingerprint density at radius 2 is 1.58 bits per heavy atom. The number of carboxylic acids is 1. The summed E-state index contributed by atoms with van der Waals surface area (Å²) in [5, 5.41) is 11.4. The van der Waals surface area contributed by atoms with E-state index in [-0.39, 0.29) is 0 Å². The van der Waals surface area contributed by atoms with Gasteiger partial charge in [-0.1, -0.05) is 30.3 Å². The van der Waals surface area contributed by atoms with Crippen LogP contribution in [0, 0.1) is 0 Å². The van der Waals surface area contributed by atoms with Crippen molar-refractivity contribution in [1.29, 1.82) is 0 Å². The standard InChI is InChI=1S/C14H19BO4/c1-13(2)14(3,4)19-15(18-13)11(12(16)17)10-8-6-5-7-9-10/h5-9,11H,1-4H3,(H,16,17)/p-1. The van der Waals surface area contributed by atoms with Crippen molar-refractivity contribution >= 4 is 13.1 Å². The maximum atomic E-state index is 11.4. The van der Waals surface area contributed by atoms with Crippen LogP contribution in [0.1, 0.15) is 39.1 Å². The molecule has 1 aromatic carbocycles. The summed E-state index contributed by atoms with van der Waals surface area (Å²) in [5.74, 6) is -2.12. The highest BCUT2D eigenvalue weighted by Crippen LogP contribution is 2.40. The van der Waals surface area contributed by atoms with Crippen molar-refractivity contribution in [1.82, 2.24) is 0 Å². The molecule has 0 amide bonds. The van der Waals surface area contributed by atoms with E-state index in [9.17, 15) is 9.90 Å². The second-order valence-corrected chi connectivity index (χ2v) is 5.83. The average molecular weight is 261 g/mol. The Morgan fingerprint density at radius 1 is 1.11 bits per heavy atom. The molecule has 4 nitrogen and oxygen atoms in total. The van der Waals surface area contributed by atoms with Crippen LogP contribution in [0.3, 0.4) is 0 Å². The van der Waals surface area contributed by atoms with Gasteiger partial charge in [-0.05, 0) is 33.3 Å². The molecule has 0 radical (unpaired) electrons. The maximum Gasteiger partial charge on any atom is 0.471 e. The largest absolute Gasteiger partial charge is 0.550 e. The molecule has 1 atom stereocenters. The molecule has 1 heterocycles. The molecule has 1 aliphatic rings. The molecule has 1 unspecified atom stereocenters. The molecular weight excluding hydrogens is 243 g/mol. The van der Waals surface area contributed by atoms with Gasteiger partial charge in [0.05, 0.1) is 17.0 Å². The van der Waals surface area contributed by atoms with E-state index >= 15 is 0 Å². The molecule has 1 aliphatic heterocycles. The smallest absolute Gasteiger partial charge is 0.471 e. The predicted octanol–water partition coefficient (Wildman–Crippen LogP) is 1.15. The number of benzene rings is 1. The Bertz CT molecular complexity index is 454. The lowest BCUT2D eigenvalue weighted by Crippen LogP contribution is -2.41. The van der Waals surface area contributed by atoms with Crippen molar-refractivity contribution in [2.75, 3.05) is 0 Å². The third-order valence-corrected chi connectivity index (χ3v) is 3.96. The van der Waals surface area contributed by atoms with Gasteiger partial charge < -0.3 is 19.2 Å². The van der Waals surface area contributed by atoms with Crippen LogP contribution < -0.4 is 5.11 Å². The Morgan fingerprint density at radius 3 is 2.00 bits per heavy atom. The van der Waals surface area contributed by atoms with Gasteiger partial charge in [0.25, 0.3) is 0 Å². The lowest BCUT2D eigenvalue weighted by atomic mass is 9.68. The highest BCUT2D eigenvalue weighted by molar-refractivity contribution is 6.52. The van der Waals surface area contributed by atoms with E-state index in [1.807, 2.05) is 33.8 Å². The fraction of sp³-hybridized carbons (Fsp3) is 0.500. The van der Waals surface area contributed by atoms with Crippen LogP contribution in [-0.4, -0.2) is 24.3 Å². The van der Waals surface area contributed by atoms with E-state index in [1.165, 1.54) is 0 Å². The predicted molar refractivity (Wildman–Crippen MR) is 70.3 cm³/mol. The summed E-state index contributed by atoms with van der Waals surface area (Å²) in [5.41, 5.74) is -0.485. The Labute approximate surface area is 113 Å². The minimum atomic E-state index is -1.19. The van der Waals surface area contributed by atoms with E-state index < -0.39 is 30.1 Å². The summed E-state index contributed by atoms with van der Waals surface area (Å²) in [7, 11) is -0.836. The number of carbonyl (C=O) groups excluding carboxylic acids is 1. The highest BCUT2D eigenvalue weighted by atomic mass is 16.7. The van der Waals surface area contributed by atoms with Crippen LogP contribution in [-0.2, 0) is 14.1 Å². The van der Waals surface area contributed by atoms with E-state index in [4.69, 9.17) is 9.31 Å². The number of hydrogen-bond donors (Lipinski definition) is 0. The topological polar surface area (TPSA) is 58.6 Å². The van der Waals surface area contributed by atoms with Crippen molar-refractivity contribution in [2.24, 2.45) is 0 Å². The van der Waals surface area contributed by atoms with Crippen LogP contribution >= 0.6 is 0 Å². The van der Waals surface area contributed by atoms with Crippen molar-refractivity contribution in [3.63, 3.8) is 0 Å². The molecular formula is C14H18BO4-. The lowest BCUT2D eigenvalue weighted by molar-refractivity contribution is -0.306. The van der Waals surface area contributed by atoms with Gasteiger partial charge in [-0.3, -0.25) is 0 Å². The van der Waals surface area contributed by atoms with E-state index in [2.05, 4.69) is 0 Å². The van der Waals surface area contributed by atoms with Crippen LogP contribution in [0.5, 0.6) is 0 Å². The number of rotatable bonds is 3. The minimum absolute atomic E-state index is 0.555. The van der Waals surface area contributed by atoms with Crippen LogP contribution in [0.4, 0.5) is 0 Å². The molecule has 1 saturated heterocycles. The number of carbonyl (C=O) groups is 1. The van der Waals surface area contributed by atoms with Crippen LogP contribution in [0.15, 0.2) is 30.3 Å². The molecule has 0 aliphatic carbocycles. The summed E-state index contributed by atoms with van der Waals surface area (Å²) < 4.78 is 11.6. The molecule has 0 saturated carbocycles. The molecule has 1 fully saturated rings. The van der Waals surface area contributed by atoms with Gasteiger partial charge >= 0.3 is 7.12 Å². The van der Waals surface area contributed by atoms with Crippen LogP contribution in [0.2, 0.25) is 0 Å². The Balaban J connectivity index is 2.31. The molecule has 2 rings (SSSR count). The zero-order chi connectivity index (χ0) is 14.3. The first-order valence-electron chi connectivity index (χ1n) is 6.36. The summed E-state index contributed by atoms with van der Waals surface area (Å²) in [6.45, 7) is 7.57. The van der Waals surface area contributed by atoms with Gasteiger partial charge in [-0.15, -0.1) is 0 Å². The highest BCUT2D eigenvalue weighted by Gasteiger charge is 2.54. The Kier molecular flexibility index (Phi) is 3.45. The normalized spacial score (nSPS) is 22.2. The number of hydrogen-bond acceptors (Lipinski definition) is 4. The molecule has 1 aromatic rings. The first kappa shape index (κ1) is 14.1. The summed E-state index contributed by atoms with van der Waals surface area (Å²) >= 11 is 0. The minimum Gasteiger partial charge on any atom is -0.550 e. The molecule has 0 aromatic heterocycles. The quantitative estimate of drug-likeness (QED) is 0.766. The summed E-state index contributed by atoms with van der Waals surface area (Å²) in [4.78, 5) is 11.4. The maximum absolute atomic E-state index is 11.4. The number of aliphatic carboxylic acids is 1. The molecule has 0 bridgehead atoms. The zero-order valence-corrected chi connectivity index (χ0v) is 11.7. The van der Waals surface area contributed by atoms with Crippen LogP contribution in [0.25, 0.3) is 0 Å². The summed E-state index contributed by atoms with van der Waals surface area (Å²) in [6.07, 6.45) is 0. The molecule has 102 valence electrons. The fourth-order valence-corrected chi connectivity index (χ4v) is 2.09. The first-order valence-corrected chi connectivity index (χ1v) is 6.36. The zero-order valence-electron chi connectivity index (χ0n) is 11.7. The molecule has 5 heteroatoms. The van der Waals surface area contributed by atoms with Gasteiger partial charge in [-0.25, -0.2) is 0 Å². The third kappa shape index (κ3) is 2.53. The van der Waals surface area contributed by atoms with Crippen molar-refractivity contribution < 1.29 is 19.2 Å². The molecule has 19 heavy (non-hydrogen) atoms. The van der Waals surface area contributed by atoms with Crippen molar-refractivity contribution in [3.8, 4) is 0 Å². The number of carboxylic acid groups (broad SMARTS) is 1. The Hall–Kier alpha value is -1.33. The average Bonchev–Trinajstić information content (AvgIpc) is 2.48. The summed E-state index contributed by atoms with van der Waals surface area (Å²) in [6, 6.07) is 8.89.